The highest BCUT2D eigenvalue weighted by Crippen LogP contribution is 2.57. The summed E-state index contributed by atoms with van der Waals surface area (Å²) in [7, 11) is 0. The monoisotopic (exact) mass is 735 g/mol. The molecule has 2 nitrogen and oxygen atoms in total. The minimum absolute atomic E-state index is 0.542. The van der Waals surface area contributed by atoms with Crippen molar-refractivity contribution in [1.29, 1.82) is 0 Å². The molecule has 0 aromatic heterocycles. The van der Waals surface area contributed by atoms with Crippen molar-refractivity contribution in [2.45, 2.75) is 211 Å². The molecule has 1 aliphatic heterocycles. The predicted molar refractivity (Wildman–Crippen MR) is 227 cm³/mol. The lowest BCUT2D eigenvalue weighted by molar-refractivity contribution is -0.0410. The summed E-state index contributed by atoms with van der Waals surface area (Å²) < 4.78 is 0. The Labute approximate surface area is 332 Å². The average molecular weight is 735 g/mol. The molecule has 0 amide bonds. The highest BCUT2D eigenvalue weighted by atomic mass is 15.2. The average Bonchev–Trinajstić information content (AvgIpc) is 3.26. The molecule has 10 aliphatic rings. The van der Waals surface area contributed by atoms with Crippen molar-refractivity contribution in [3.8, 4) is 0 Å². The Hall–Kier alpha value is -0.860. The van der Waals surface area contributed by atoms with Gasteiger partial charge < -0.3 is 0 Å². The summed E-state index contributed by atoms with van der Waals surface area (Å²) in [5, 5.41) is 9.09. The van der Waals surface area contributed by atoms with E-state index >= 15 is 0 Å². The van der Waals surface area contributed by atoms with Crippen LogP contribution in [-0.4, -0.2) is 18.2 Å². The summed E-state index contributed by atoms with van der Waals surface area (Å²) in [5.41, 5.74) is 3.68. The second-order valence-corrected chi connectivity index (χ2v) is 22.1. The van der Waals surface area contributed by atoms with E-state index in [2.05, 4.69) is 34.9 Å². The highest BCUT2D eigenvalue weighted by molar-refractivity contribution is 5.33. The molecule has 15 atom stereocenters. The van der Waals surface area contributed by atoms with E-state index in [1.54, 1.807) is 37.7 Å². The highest BCUT2D eigenvalue weighted by Gasteiger charge is 2.49. The van der Waals surface area contributed by atoms with Crippen LogP contribution >= 0.6 is 0 Å². The molecule has 7 fully saturated rings. The van der Waals surface area contributed by atoms with Gasteiger partial charge in [-0.15, -0.1) is 0 Å². The molecule has 9 aliphatic carbocycles. The molecule has 2 N–H and O–H groups in total. The first-order chi connectivity index (χ1) is 26.7. The van der Waals surface area contributed by atoms with Gasteiger partial charge in [0.2, 0.25) is 0 Å². The Morgan fingerprint density at radius 3 is 1.96 bits per heavy atom. The van der Waals surface area contributed by atoms with Gasteiger partial charge in [0.1, 0.15) is 0 Å². The molecule has 15 unspecified atom stereocenters. The van der Waals surface area contributed by atoms with Crippen molar-refractivity contribution < 1.29 is 0 Å². The van der Waals surface area contributed by atoms with Crippen molar-refractivity contribution in [3.63, 3.8) is 0 Å². The zero-order valence-electron chi connectivity index (χ0n) is 34.8. The lowest BCUT2D eigenvalue weighted by Crippen LogP contribution is -2.65. The second kappa shape index (κ2) is 17.2. The third-order valence-corrected chi connectivity index (χ3v) is 19.5. The topological polar surface area (TPSA) is 24.1 Å². The molecule has 0 spiro atoms. The van der Waals surface area contributed by atoms with Crippen LogP contribution in [-0.2, 0) is 0 Å². The lowest BCUT2D eigenvalue weighted by atomic mass is 9.51. The first kappa shape index (κ1) is 37.4. The van der Waals surface area contributed by atoms with Crippen LogP contribution in [0.15, 0.2) is 35.5 Å². The Bertz CT molecular complexity index is 1340. The van der Waals surface area contributed by atoms with Crippen LogP contribution in [0.1, 0.15) is 193 Å². The molecule has 2 heteroatoms. The van der Waals surface area contributed by atoms with E-state index in [1.165, 1.54) is 161 Å². The van der Waals surface area contributed by atoms with Gasteiger partial charge in [-0.25, -0.2) is 0 Å². The maximum atomic E-state index is 4.55. The Kier molecular flexibility index (Phi) is 11.9. The number of fused-ring (bicyclic) bond motifs is 3. The summed E-state index contributed by atoms with van der Waals surface area (Å²) in [6.07, 6.45) is 55.9. The molecule has 0 aromatic rings. The van der Waals surface area contributed by atoms with Gasteiger partial charge in [0, 0.05) is 12.1 Å². The van der Waals surface area contributed by atoms with Crippen LogP contribution in [0.5, 0.6) is 0 Å². The zero-order chi connectivity index (χ0) is 35.8. The second-order valence-electron chi connectivity index (χ2n) is 22.1. The summed E-state index contributed by atoms with van der Waals surface area (Å²) in [6, 6.07) is 1.39. The van der Waals surface area contributed by atoms with E-state index < -0.39 is 0 Å². The van der Waals surface area contributed by atoms with Gasteiger partial charge in [-0.05, 0) is 192 Å². The van der Waals surface area contributed by atoms with Gasteiger partial charge in [0.05, 0.1) is 6.17 Å². The predicted octanol–water partition coefficient (Wildman–Crippen LogP) is 13.5. The molecular weight excluding hydrogens is 653 g/mol. The number of allylic oxidation sites excluding steroid dienone is 5. The Morgan fingerprint density at radius 2 is 1.07 bits per heavy atom. The van der Waals surface area contributed by atoms with Crippen molar-refractivity contribution in [3.05, 3.63) is 35.5 Å². The largest absolute Gasteiger partial charge is 0.299 e. The van der Waals surface area contributed by atoms with E-state index in [0.717, 1.165) is 76.9 Å². The Morgan fingerprint density at radius 1 is 0.407 bits per heavy atom. The summed E-state index contributed by atoms with van der Waals surface area (Å²) in [5.74, 6) is 12.6. The molecular formula is C52H82N2. The normalized spacial score (nSPS) is 47.7. The van der Waals surface area contributed by atoms with Crippen molar-refractivity contribution in [1.82, 2.24) is 10.6 Å². The van der Waals surface area contributed by atoms with Crippen LogP contribution in [0.3, 0.4) is 0 Å². The summed E-state index contributed by atoms with van der Waals surface area (Å²) in [6.45, 7) is 0. The van der Waals surface area contributed by atoms with E-state index in [-0.39, 0.29) is 0 Å². The molecule has 0 bridgehead atoms. The van der Waals surface area contributed by atoms with Gasteiger partial charge in [0.25, 0.3) is 0 Å². The van der Waals surface area contributed by atoms with Crippen LogP contribution in [0.25, 0.3) is 0 Å². The SMILES string of the molecule is C1=CC(C2CC(C3CCCC(C4CC=CC5=C4CCCC5)C3)NC(C3CCCC(C4CCCCC4)C3)N2)CC(C2CC3CCCCC3C3CCCCC23)C1. The number of hydrogen-bond acceptors (Lipinski definition) is 2. The number of hydrogen-bond donors (Lipinski definition) is 2. The fourth-order valence-electron chi connectivity index (χ4n) is 17.0. The van der Waals surface area contributed by atoms with E-state index in [0.29, 0.717) is 18.2 Å². The minimum Gasteiger partial charge on any atom is -0.299 e. The fraction of sp³-hybridized carbons (Fsp3) is 0.885. The molecule has 1 saturated heterocycles. The fourth-order valence-corrected chi connectivity index (χ4v) is 17.0. The molecule has 6 saturated carbocycles. The number of rotatable bonds is 6. The van der Waals surface area contributed by atoms with Gasteiger partial charge in [-0.3, -0.25) is 10.6 Å². The smallest absolute Gasteiger partial charge is 0.0605 e. The molecule has 0 radical (unpaired) electrons. The lowest BCUT2D eigenvalue weighted by Gasteiger charge is -2.54. The standard InChI is InChI=1S/C52H82N2/c1-2-14-35(15-3-1)37-19-10-24-43(30-37)52-53-50(41-22-11-20-38(31-41)45-29-13-18-36-16-4-6-25-44(36)45)34-51(54-52)42-23-12-21-39(32-42)49-33-40-17-5-7-26-46(40)47-27-8-9-28-48(47)49/h12-13,18,23,35,37-43,45-54H,1-11,14-17,19-22,24-34H2. The maximum absolute atomic E-state index is 4.55. The molecule has 1 heterocycles. The summed E-state index contributed by atoms with van der Waals surface area (Å²) in [4.78, 5) is 0. The quantitative estimate of drug-likeness (QED) is 0.266. The van der Waals surface area contributed by atoms with Crippen molar-refractivity contribution >= 4 is 0 Å². The van der Waals surface area contributed by atoms with E-state index in [9.17, 15) is 0 Å². The van der Waals surface area contributed by atoms with Gasteiger partial charge in [-0.2, -0.15) is 0 Å². The summed E-state index contributed by atoms with van der Waals surface area (Å²) >= 11 is 0. The van der Waals surface area contributed by atoms with Crippen LogP contribution in [0.2, 0.25) is 0 Å². The Balaban J connectivity index is 0.876. The van der Waals surface area contributed by atoms with Gasteiger partial charge in [0.15, 0.2) is 0 Å². The molecule has 54 heavy (non-hydrogen) atoms. The van der Waals surface area contributed by atoms with Crippen LogP contribution in [0.4, 0.5) is 0 Å². The third-order valence-electron chi connectivity index (χ3n) is 19.5. The van der Waals surface area contributed by atoms with E-state index in [1.807, 2.05) is 5.57 Å². The third kappa shape index (κ3) is 7.83. The maximum Gasteiger partial charge on any atom is 0.0605 e. The van der Waals surface area contributed by atoms with Crippen molar-refractivity contribution in [2.24, 2.45) is 76.9 Å². The number of nitrogens with one attached hydrogen (secondary N) is 2. The van der Waals surface area contributed by atoms with Gasteiger partial charge >= 0.3 is 0 Å². The van der Waals surface area contributed by atoms with Gasteiger partial charge in [-0.1, -0.05) is 113 Å². The van der Waals surface area contributed by atoms with Crippen LogP contribution in [0, 0.1) is 76.9 Å². The zero-order valence-corrected chi connectivity index (χ0v) is 34.8. The molecule has 300 valence electrons. The minimum atomic E-state index is 0.542. The van der Waals surface area contributed by atoms with E-state index in [4.69, 9.17) is 0 Å². The van der Waals surface area contributed by atoms with Crippen LogP contribution < -0.4 is 10.6 Å². The first-order valence-electron chi connectivity index (χ1n) is 25.3. The van der Waals surface area contributed by atoms with Crippen molar-refractivity contribution in [2.75, 3.05) is 0 Å². The molecule has 10 rings (SSSR count). The first-order valence-corrected chi connectivity index (χ1v) is 25.3. The molecule has 0 aromatic carbocycles.